The van der Waals surface area contributed by atoms with Gasteiger partial charge in [0.05, 0.1) is 0 Å². The van der Waals surface area contributed by atoms with E-state index in [2.05, 4.69) is 49.3 Å². The average Bonchev–Trinajstić information content (AvgIpc) is 2.71. The molecule has 0 saturated heterocycles. The summed E-state index contributed by atoms with van der Waals surface area (Å²) in [6, 6.07) is 0. The highest BCUT2D eigenvalue weighted by atomic mass is 32.1. The summed E-state index contributed by atoms with van der Waals surface area (Å²) in [6.07, 6.45) is 0.997. The molecule has 0 aliphatic heterocycles. The van der Waals surface area contributed by atoms with E-state index in [0.717, 1.165) is 37.1 Å². The Morgan fingerprint density at radius 3 is 2.61 bits per heavy atom. The summed E-state index contributed by atoms with van der Waals surface area (Å²) in [5, 5.41) is 4.20. The molecule has 104 valence electrons. The first-order valence-corrected chi connectivity index (χ1v) is 7.32. The lowest BCUT2D eigenvalue weighted by Crippen LogP contribution is -2.13. The van der Waals surface area contributed by atoms with Crippen LogP contribution >= 0.6 is 11.5 Å². The highest BCUT2D eigenvalue weighted by molar-refractivity contribution is 7.09. The molecular weight excluding hydrogens is 246 g/mol. The minimum absolute atomic E-state index is 0.0246. The van der Waals surface area contributed by atoms with Crippen LogP contribution in [0.1, 0.15) is 46.9 Å². The zero-order valence-corrected chi connectivity index (χ0v) is 12.9. The number of anilines is 1. The molecule has 0 unspecified atom stereocenters. The van der Waals surface area contributed by atoms with E-state index in [1.807, 2.05) is 0 Å². The lowest BCUT2D eigenvalue weighted by molar-refractivity contribution is 0.110. The average molecular weight is 271 g/mol. The maximum Gasteiger partial charge on any atom is 0.202 e. The molecule has 0 fully saturated rings. The Morgan fingerprint density at radius 1 is 1.33 bits per heavy atom. The van der Waals surface area contributed by atoms with Gasteiger partial charge in [-0.05, 0) is 12.3 Å². The Balaban J connectivity index is 2.18. The maximum atomic E-state index is 5.52. The van der Waals surface area contributed by atoms with Gasteiger partial charge in [-0.2, -0.15) is 4.37 Å². The number of nitrogens with one attached hydrogen (secondary N) is 1. The van der Waals surface area contributed by atoms with E-state index in [1.165, 1.54) is 11.5 Å². The number of nitrogens with zero attached hydrogens (tertiary/aromatic N) is 2. The number of hydrogen-bond donors (Lipinski definition) is 1. The fourth-order valence-corrected chi connectivity index (χ4v) is 2.07. The topological polar surface area (TPSA) is 47.0 Å². The van der Waals surface area contributed by atoms with Gasteiger partial charge in [0, 0.05) is 36.7 Å². The van der Waals surface area contributed by atoms with Crippen molar-refractivity contribution in [1.82, 2.24) is 9.36 Å². The fourth-order valence-electron chi connectivity index (χ4n) is 1.29. The van der Waals surface area contributed by atoms with Crippen molar-refractivity contribution < 1.29 is 4.74 Å². The van der Waals surface area contributed by atoms with Crippen molar-refractivity contribution >= 4 is 16.7 Å². The zero-order chi connectivity index (χ0) is 13.6. The van der Waals surface area contributed by atoms with E-state index in [1.54, 1.807) is 0 Å². The van der Waals surface area contributed by atoms with E-state index in [4.69, 9.17) is 4.74 Å². The summed E-state index contributed by atoms with van der Waals surface area (Å²) in [5.41, 5.74) is 0.0246. The maximum absolute atomic E-state index is 5.52. The first-order chi connectivity index (χ1) is 8.39. The van der Waals surface area contributed by atoms with Crippen molar-refractivity contribution in [3.05, 3.63) is 5.82 Å². The van der Waals surface area contributed by atoms with Gasteiger partial charge in [-0.1, -0.05) is 34.6 Å². The van der Waals surface area contributed by atoms with E-state index >= 15 is 0 Å². The van der Waals surface area contributed by atoms with Crippen LogP contribution in [0.5, 0.6) is 0 Å². The van der Waals surface area contributed by atoms with Gasteiger partial charge in [0.15, 0.2) is 0 Å². The van der Waals surface area contributed by atoms with Crippen molar-refractivity contribution in [1.29, 1.82) is 0 Å². The highest BCUT2D eigenvalue weighted by Gasteiger charge is 2.19. The fraction of sp³-hybridized carbons (Fsp3) is 0.846. The molecule has 1 aromatic rings. The van der Waals surface area contributed by atoms with Crippen LogP contribution in [-0.2, 0) is 10.2 Å². The van der Waals surface area contributed by atoms with Crippen molar-refractivity contribution in [2.24, 2.45) is 5.92 Å². The Hall–Kier alpha value is -0.680. The second-order valence-electron chi connectivity index (χ2n) is 5.92. The Kier molecular flexibility index (Phi) is 6.02. The van der Waals surface area contributed by atoms with Crippen molar-refractivity contribution in [3.63, 3.8) is 0 Å². The molecule has 0 aromatic carbocycles. The molecule has 1 N–H and O–H groups in total. The van der Waals surface area contributed by atoms with Crippen molar-refractivity contribution in [2.45, 2.75) is 46.5 Å². The van der Waals surface area contributed by atoms with E-state index in [0.29, 0.717) is 5.92 Å². The molecule has 0 bridgehead atoms. The second-order valence-corrected chi connectivity index (χ2v) is 6.67. The van der Waals surface area contributed by atoms with Gasteiger partial charge >= 0.3 is 0 Å². The lowest BCUT2D eigenvalue weighted by atomic mass is 9.96. The van der Waals surface area contributed by atoms with E-state index < -0.39 is 0 Å². The van der Waals surface area contributed by atoms with Gasteiger partial charge in [0.1, 0.15) is 5.82 Å². The summed E-state index contributed by atoms with van der Waals surface area (Å²) in [4.78, 5) is 4.48. The molecule has 18 heavy (non-hydrogen) atoms. The van der Waals surface area contributed by atoms with Gasteiger partial charge in [0.2, 0.25) is 5.13 Å². The number of ether oxygens (including phenoxy) is 1. The Morgan fingerprint density at radius 2 is 2.06 bits per heavy atom. The van der Waals surface area contributed by atoms with Gasteiger partial charge in [0.25, 0.3) is 0 Å². The molecular formula is C13H25N3OS. The standard InChI is InChI=1S/C13H25N3OS/c1-10(2)9-17-8-6-7-14-12-15-11(16-18-12)13(3,4)5/h10H,6-9H2,1-5H3,(H,14,15,16). The van der Waals surface area contributed by atoms with Gasteiger partial charge in [-0.15, -0.1) is 0 Å². The molecule has 0 aliphatic rings. The largest absolute Gasteiger partial charge is 0.381 e. The first kappa shape index (κ1) is 15.4. The summed E-state index contributed by atoms with van der Waals surface area (Å²) in [7, 11) is 0. The molecule has 5 heteroatoms. The first-order valence-electron chi connectivity index (χ1n) is 6.55. The molecule has 0 radical (unpaired) electrons. The molecule has 0 atom stereocenters. The smallest absolute Gasteiger partial charge is 0.202 e. The Labute approximate surface area is 114 Å². The Bertz CT molecular complexity index is 344. The zero-order valence-electron chi connectivity index (χ0n) is 12.1. The third kappa shape index (κ3) is 5.78. The minimum atomic E-state index is 0.0246. The van der Waals surface area contributed by atoms with Crippen molar-refractivity contribution in [3.8, 4) is 0 Å². The summed E-state index contributed by atoms with van der Waals surface area (Å²) < 4.78 is 9.88. The molecule has 1 heterocycles. The van der Waals surface area contributed by atoms with Gasteiger partial charge in [-0.3, -0.25) is 0 Å². The van der Waals surface area contributed by atoms with Crippen LogP contribution in [0.2, 0.25) is 0 Å². The predicted octanol–water partition coefficient (Wildman–Crippen LogP) is 3.31. The lowest BCUT2D eigenvalue weighted by Gasteiger charge is -2.12. The number of hydrogen-bond acceptors (Lipinski definition) is 5. The molecule has 4 nitrogen and oxygen atoms in total. The van der Waals surface area contributed by atoms with Crippen LogP contribution < -0.4 is 5.32 Å². The predicted molar refractivity (Wildman–Crippen MR) is 77.4 cm³/mol. The minimum Gasteiger partial charge on any atom is -0.381 e. The van der Waals surface area contributed by atoms with E-state index in [9.17, 15) is 0 Å². The summed E-state index contributed by atoms with van der Waals surface area (Å²) in [5.74, 6) is 1.52. The normalized spacial score (nSPS) is 12.1. The third-order valence-corrected chi connectivity index (χ3v) is 2.96. The molecule has 0 saturated carbocycles. The van der Waals surface area contributed by atoms with Crippen molar-refractivity contribution in [2.75, 3.05) is 25.1 Å². The van der Waals surface area contributed by atoms with Gasteiger partial charge in [-0.25, -0.2) is 4.98 Å². The van der Waals surface area contributed by atoms with Crippen LogP contribution in [0.3, 0.4) is 0 Å². The van der Waals surface area contributed by atoms with E-state index in [-0.39, 0.29) is 5.41 Å². The third-order valence-electron chi connectivity index (χ3n) is 2.29. The number of aromatic nitrogens is 2. The molecule has 0 spiro atoms. The van der Waals surface area contributed by atoms with Crippen LogP contribution in [-0.4, -0.2) is 29.1 Å². The molecule has 1 rings (SSSR count). The van der Waals surface area contributed by atoms with Gasteiger partial charge < -0.3 is 10.1 Å². The summed E-state index contributed by atoms with van der Waals surface area (Å²) >= 11 is 1.43. The molecule has 1 aromatic heterocycles. The monoisotopic (exact) mass is 271 g/mol. The summed E-state index contributed by atoms with van der Waals surface area (Å²) in [6.45, 7) is 13.2. The molecule has 0 amide bonds. The van der Waals surface area contributed by atoms with Crippen LogP contribution in [0.25, 0.3) is 0 Å². The second kappa shape index (κ2) is 7.04. The molecule has 0 aliphatic carbocycles. The van der Waals surface area contributed by atoms with Crippen LogP contribution in [0, 0.1) is 5.92 Å². The number of rotatable bonds is 7. The quantitative estimate of drug-likeness (QED) is 0.773. The van der Waals surface area contributed by atoms with Crippen LogP contribution in [0.15, 0.2) is 0 Å². The highest BCUT2D eigenvalue weighted by Crippen LogP contribution is 2.22. The van der Waals surface area contributed by atoms with Crippen LogP contribution in [0.4, 0.5) is 5.13 Å². The SMILES string of the molecule is CC(C)COCCCNc1nc(C(C)(C)C)ns1.